The van der Waals surface area contributed by atoms with Crippen molar-refractivity contribution in [2.45, 2.75) is 13.0 Å². The average Bonchev–Trinajstić information content (AvgIpc) is 2.42. The average molecular weight is 308 g/mol. The van der Waals surface area contributed by atoms with Crippen LogP contribution in [0, 0.1) is 11.3 Å². The molecule has 0 bridgehead atoms. The van der Waals surface area contributed by atoms with E-state index in [-0.39, 0.29) is 0 Å². The molecule has 102 valence electrons. The van der Waals surface area contributed by atoms with Crippen molar-refractivity contribution in [2.75, 3.05) is 0 Å². The third-order valence-electron chi connectivity index (χ3n) is 2.71. The quantitative estimate of drug-likeness (QED) is 0.893. The molecule has 0 radical (unpaired) electrons. The molecule has 0 saturated heterocycles. The summed E-state index contributed by atoms with van der Waals surface area (Å²) in [6.07, 6.45) is -0.708. The van der Waals surface area contributed by atoms with Crippen molar-refractivity contribution in [1.82, 2.24) is 0 Å². The molecular weight excluding hydrogens is 297 g/mol. The van der Waals surface area contributed by atoms with Gasteiger partial charge in [0.05, 0.1) is 27.8 Å². The lowest BCUT2D eigenvalue weighted by Crippen LogP contribution is -1.97. The van der Waals surface area contributed by atoms with Crippen LogP contribution in [0.4, 0.5) is 0 Å². The minimum Gasteiger partial charge on any atom is -0.457 e. The van der Waals surface area contributed by atoms with E-state index in [4.69, 9.17) is 33.2 Å². The molecule has 1 N–H and O–H groups in total. The fourth-order valence-corrected chi connectivity index (χ4v) is 1.99. The van der Waals surface area contributed by atoms with Gasteiger partial charge in [-0.2, -0.15) is 5.26 Å². The summed E-state index contributed by atoms with van der Waals surface area (Å²) in [5, 5.41) is 19.5. The molecule has 2 rings (SSSR count). The van der Waals surface area contributed by atoms with Crippen molar-refractivity contribution < 1.29 is 9.84 Å². The topological polar surface area (TPSA) is 53.2 Å². The number of halogens is 2. The fourth-order valence-electron chi connectivity index (χ4n) is 1.70. The second kappa shape index (κ2) is 6.15. The molecule has 0 aliphatic rings. The maximum Gasteiger partial charge on any atom is 0.134 e. The zero-order chi connectivity index (χ0) is 14.7. The smallest absolute Gasteiger partial charge is 0.134 e. The van der Waals surface area contributed by atoms with Crippen LogP contribution in [0.3, 0.4) is 0 Å². The summed E-state index contributed by atoms with van der Waals surface area (Å²) in [6.45, 7) is 1.63. The van der Waals surface area contributed by atoms with Crippen LogP contribution >= 0.6 is 23.2 Å². The Hall–Kier alpha value is -1.73. The Bertz CT molecular complexity index is 678. The highest BCUT2D eigenvalue weighted by atomic mass is 35.5. The molecule has 0 amide bonds. The Morgan fingerprint density at radius 3 is 2.50 bits per heavy atom. The third kappa shape index (κ3) is 3.23. The molecule has 0 aromatic heterocycles. The van der Waals surface area contributed by atoms with Crippen molar-refractivity contribution >= 4 is 23.2 Å². The highest BCUT2D eigenvalue weighted by Gasteiger charge is 2.12. The number of ether oxygens (including phenoxy) is 1. The molecule has 0 heterocycles. The van der Waals surface area contributed by atoms with Gasteiger partial charge in [0.2, 0.25) is 0 Å². The van der Waals surface area contributed by atoms with Gasteiger partial charge < -0.3 is 9.84 Å². The van der Waals surface area contributed by atoms with Gasteiger partial charge in [0.25, 0.3) is 0 Å². The molecule has 1 atom stereocenters. The molecule has 0 fully saturated rings. The molecule has 0 spiro atoms. The van der Waals surface area contributed by atoms with E-state index >= 15 is 0 Å². The zero-order valence-electron chi connectivity index (χ0n) is 10.6. The van der Waals surface area contributed by atoms with Gasteiger partial charge >= 0.3 is 0 Å². The molecule has 5 heteroatoms. The molecular formula is C15H11Cl2NO2. The van der Waals surface area contributed by atoms with Crippen LogP contribution in [0.2, 0.25) is 10.0 Å². The van der Waals surface area contributed by atoms with Crippen molar-refractivity contribution in [3.05, 3.63) is 57.6 Å². The van der Waals surface area contributed by atoms with Gasteiger partial charge in [-0.1, -0.05) is 29.3 Å². The summed E-state index contributed by atoms with van der Waals surface area (Å²) in [5.41, 5.74) is 1.04. The molecule has 0 unspecified atom stereocenters. The molecule has 2 aromatic carbocycles. The highest BCUT2D eigenvalue weighted by molar-refractivity contribution is 6.42. The predicted molar refractivity (Wildman–Crippen MR) is 78.3 cm³/mol. The second-order valence-corrected chi connectivity index (χ2v) is 5.03. The first-order valence-corrected chi connectivity index (χ1v) is 6.62. The molecule has 20 heavy (non-hydrogen) atoms. The molecule has 0 aliphatic carbocycles. The number of aliphatic hydroxyl groups excluding tert-OH is 1. The van der Waals surface area contributed by atoms with Crippen molar-refractivity contribution in [3.63, 3.8) is 0 Å². The lowest BCUT2D eigenvalue weighted by Gasteiger charge is -2.13. The number of benzene rings is 2. The minimum atomic E-state index is -0.708. The highest BCUT2D eigenvalue weighted by Crippen LogP contribution is 2.33. The molecule has 0 aliphatic heterocycles. The van der Waals surface area contributed by atoms with E-state index in [9.17, 15) is 5.11 Å². The Morgan fingerprint density at radius 1 is 1.15 bits per heavy atom. The minimum absolute atomic E-state index is 0.374. The number of aliphatic hydroxyl groups is 1. The van der Waals surface area contributed by atoms with Gasteiger partial charge in [-0.3, -0.25) is 0 Å². The van der Waals surface area contributed by atoms with Crippen LogP contribution in [0.15, 0.2) is 36.4 Å². The summed E-state index contributed by atoms with van der Waals surface area (Å²) >= 11 is 11.8. The summed E-state index contributed by atoms with van der Waals surface area (Å²) in [5.74, 6) is 0.897. The molecule has 3 nitrogen and oxygen atoms in total. The Labute approximate surface area is 126 Å². The maximum absolute atomic E-state index is 9.73. The van der Waals surface area contributed by atoms with E-state index in [1.807, 2.05) is 6.07 Å². The zero-order valence-corrected chi connectivity index (χ0v) is 12.1. The maximum atomic E-state index is 9.73. The van der Waals surface area contributed by atoms with Gasteiger partial charge in [0.1, 0.15) is 11.5 Å². The summed E-state index contributed by atoms with van der Waals surface area (Å²) < 4.78 is 5.69. The Kier molecular flexibility index (Phi) is 4.51. The number of hydrogen-bond donors (Lipinski definition) is 1. The van der Waals surface area contributed by atoms with Gasteiger partial charge in [-0.15, -0.1) is 0 Å². The Balaban J connectivity index is 2.40. The van der Waals surface area contributed by atoms with Gasteiger partial charge in [0.15, 0.2) is 0 Å². The van der Waals surface area contributed by atoms with Crippen molar-refractivity contribution in [1.29, 1.82) is 5.26 Å². The third-order valence-corrected chi connectivity index (χ3v) is 3.45. The van der Waals surface area contributed by atoms with Crippen LogP contribution in [-0.2, 0) is 0 Å². The van der Waals surface area contributed by atoms with E-state index in [0.29, 0.717) is 32.7 Å². The molecule has 0 saturated carbocycles. The van der Waals surface area contributed by atoms with Crippen molar-refractivity contribution in [2.24, 2.45) is 0 Å². The number of rotatable bonds is 3. The summed E-state index contributed by atoms with van der Waals surface area (Å²) in [6, 6.07) is 11.8. The van der Waals surface area contributed by atoms with Crippen LogP contribution in [0.1, 0.15) is 24.2 Å². The standard InChI is InChI=1S/C15H11Cl2NO2/c1-9(19)12-4-2-10(8-18)6-15(12)20-11-3-5-13(16)14(17)7-11/h2-7,9,19H,1H3/t9-/m0/s1. The first-order chi connectivity index (χ1) is 9.51. The number of nitriles is 1. The normalized spacial score (nSPS) is 11.8. The van der Waals surface area contributed by atoms with E-state index in [2.05, 4.69) is 0 Å². The Morgan fingerprint density at radius 2 is 1.90 bits per heavy atom. The van der Waals surface area contributed by atoms with E-state index in [1.165, 1.54) is 0 Å². The van der Waals surface area contributed by atoms with Gasteiger partial charge in [-0.05, 0) is 31.2 Å². The second-order valence-electron chi connectivity index (χ2n) is 4.22. The fraction of sp³-hybridized carbons (Fsp3) is 0.133. The van der Waals surface area contributed by atoms with Gasteiger partial charge in [0, 0.05) is 11.6 Å². The first kappa shape index (κ1) is 14.7. The van der Waals surface area contributed by atoms with E-state index in [1.54, 1.807) is 43.3 Å². The predicted octanol–water partition coefficient (Wildman–Crippen LogP) is 4.71. The number of nitrogens with zero attached hydrogens (tertiary/aromatic N) is 1. The van der Waals surface area contributed by atoms with E-state index in [0.717, 1.165) is 0 Å². The van der Waals surface area contributed by atoms with Gasteiger partial charge in [-0.25, -0.2) is 0 Å². The first-order valence-electron chi connectivity index (χ1n) is 5.86. The van der Waals surface area contributed by atoms with Crippen LogP contribution in [0.5, 0.6) is 11.5 Å². The van der Waals surface area contributed by atoms with Crippen molar-refractivity contribution in [3.8, 4) is 17.6 Å². The van der Waals surface area contributed by atoms with Crippen LogP contribution in [0.25, 0.3) is 0 Å². The SMILES string of the molecule is C[C@H](O)c1ccc(C#N)cc1Oc1ccc(Cl)c(Cl)c1. The lowest BCUT2D eigenvalue weighted by atomic mass is 10.1. The van der Waals surface area contributed by atoms with E-state index < -0.39 is 6.10 Å². The number of hydrogen-bond acceptors (Lipinski definition) is 3. The monoisotopic (exact) mass is 307 g/mol. The summed E-state index contributed by atoms with van der Waals surface area (Å²) in [7, 11) is 0. The largest absolute Gasteiger partial charge is 0.457 e. The van der Waals surface area contributed by atoms with Crippen LogP contribution in [-0.4, -0.2) is 5.11 Å². The van der Waals surface area contributed by atoms with Crippen LogP contribution < -0.4 is 4.74 Å². The summed E-state index contributed by atoms with van der Waals surface area (Å²) in [4.78, 5) is 0. The molecule has 2 aromatic rings. The lowest BCUT2D eigenvalue weighted by molar-refractivity contribution is 0.195.